The zero-order chi connectivity index (χ0) is 13.9. The number of fused-ring (bicyclic) bond motifs is 1. The van der Waals surface area contributed by atoms with Gasteiger partial charge < -0.3 is 14.1 Å². The average molecular weight is 278 g/mol. The molecule has 2 saturated heterocycles. The number of piperidine rings is 1. The summed E-state index contributed by atoms with van der Waals surface area (Å²) < 4.78 is 10.4. The number of likely N-dealkylation sites (tertiary alicyclic amines) is 2. The summed E-state index contributed by atoms with van der Waals surface area (Å²) >= 11 is 0. The largest absolute Gasteiger partial charge is 0.459 e. The lowest BCUT2D eigenvalue weighted by Crippen LogP contribution is -2.48. The third kappa shape index (κ3) is 2.60. The first-order valence-electron chi connectivity index (χ1n) is 7.35. The van der Waals surface area contributed by atoms with Crippen LogP contribution in [0.2, 0.25) is 0 Å². The molecule has 3 heterocycles. The maximum atomic E-state index is 12.3. The highest BCUT2D eigenvalue weighted by molar-refractivity contribution is 5.91. The molecule has 0 radical (unpaired) electrons. The Morgan fingerprint density at radius 3 is 3.10 bits per heavy atom. The van der Waals surface area contributed by atoms with Gasteiger partial charge in [0.1, 0.15) is 0 Å². The summed E-state index contributed by atoms with van der Waals surface area (Å²) in [5.41, 5.74) is 0. The van der Waals surface area contributed by atoms with Gasteiger partial charge in [-0.05, 0) is 37.4 Å². The van der Waals surface area contributed by atoms with E-state index in [0.717, 1.165) is 39.2 Å². The van der Waals surface area contributed by atoms with Gasteiger partial charge in [0, 0.05) is 32.8 Å². The van der Waals surface area contributed by atoms with E-state index in [2.05, 4.69) is 4.90 Å². The lowest BCUT2D eigenvalue weighted by Gasteiger charge is -2.37. The van der Waals surface area contributed by atoms with E-state index in [4.69, 9.17) is 9.15 Å². The molecule has 2 aliphatic rings. The van der Waals surface area contributed by atoms with E-state index in [1.165, 1.54) is 6.42 Å². The quantitative estimate of drug-likeness (QED) is 0.836. The fraction of sp³-hybridized carbons (Fsp3) is 0.667. The number of carbonyl (C=O) groups excluding carboxylic acids is 1. The summed E-state index contributed by atoms with van der Waals surface area (Å²) in [4.78, 5) is 16.8. The number of hydrogen-bond acceptors (Lipinski definition) is 4. The van der Waals surface area contributed by atoms with Gasteiger partial charge in [-0.1, -0.05) is 0 Å². The number of methoxy groups -OCH3 is 1. The van der Waals surface area contributed by atoms with E-state index in [1.54, 1.807) is 25.5 Å². The molecule has 0 spiro atoms. The minimum absolute atomic E-state index is 0.0313. The minimum atomic E-state index is 0.0313. The van der Waals surface area contributed by atoms with Gasteiger partial charge in [0.25, 0.3) is 5.91 Å². The van der Waals surface area contributed by atoms with Crippen LogP contribution in [0.5, 0.6) is 0 Å². The smallest absolute Gasteiger partial charge is 0.289 e. The highest BCUT2D eigenvalue weighted by Gasteiger charge is 2.39. The number of furan rings is 1. The van der Waals surface area contributed by atoms with Crippen LogP contribution in [-0.4, -0.2) is 61.6 Å². The summed E-state index contributed by atoms with van der Waals surface area (Å²) in [6.07, 6.45) is 3.79. The Morgan fingerprint density at radius 2 is 2.35 bits per heavy atom. The Kier molecular flexibility index (Phi) is 4.08. The maximum Gasteiger partial charge on any atom is 0.289 e. The molecule has 20 heavy (non-hydrogen) atoms. The van der Waals surface area contributed by atoms with Gasteiger partial charge in [0.05, 0.1) is 12.9 Å². The predicted molar refractivity (Wildman–Crippen MR) is 74.6 cm³/mol. The van der Waals surface area contributed by atoms with Gasteiger partial charge in [0.2, 0.25) is 0 Å². The first-order chi connectivity index (χ1) is 9.79. The van der Waals surface area contributed by atoms with Crippen molar-refractivity contribution in [1.82, 2.24) is 9.80 Å². The molecule has 0 bridgehead atoms. The number of amides is 1. The predicted octanol–water partition coefficient (Wildman–Crippen LogP) is 1.46. The van der Waals surface area contributed by atoms with E-state index in [0.29, 0.717) is 17.7 Å². The molecule has 5 nitrogen and oxygen atoms in total. The Hall–Kier alpha value is -1.33. The highest BCUT2D eigenvalue weighted by Crippen LogP contribution is 2.31. The fourth-order valence-corrected chi connectivity index (χ4v) is 3.51. The van der Waals surface area contributed by atoms with Crippen LogP contribution >= 0.6 is 0 Å². The normalized spacial score (nSPS) is 26.8. The molecule has 5 heteroatoms. The van der Waals surface area contributed by atoms with Crippen LogP contribution in [0.1, 0.15) is 23.4 Å². The molecule has 0 saturated carbocycles. The lowest BCUT2D eigenvalue weighted by molar-refractivity contribution is 0.0539. The van der Waals surface area contributed by atoms with Crippen LogP contribution in [0.4, 0.5) is 0 Å². The number of nitrogens with zero attached hydrogens (tertiary/aromatic N) is 2. The van der Waals surface area contributed by atoms with Crippen molar-refractivity contribution in [1.29, 1.82) is 0 Å². The highest BCUT2D eigenvalue weighted by atomic mass is 16.5. The standard InChI is InChI=1S/C15H22N2O3/c1-19-10-8-16-6-4-12-11-17(7-5-13(12)16)15(18)14-3-2-9-20-14/h2-3,9,12-13H,4-8,10-11H2,1H3/t12-,13-/m0/s1. The second-order valence-corrected chi connectivity index (χ2v) is 5.66. The van der Waals surface area contributed by atoms with Crippen LogP contribution in [0.15, 0.2) is 22.8 Å². The topological polar surface area (TPSA) is 45.9 Å². The number of hydrogen-bond donors (Lipinski definition) is 0. The lowest BCUT2D eigenvalue weighted by atomic mass is 9.92. The van der Waals surface area contributed by atoms with E-state index in [9.17, 15) is 4.79 Å². The van der Waals surface area contributed by atoms with Gasteiger partial charge >= 0.3 is 0 Å². The Balaban J connectivity index is 1.59. The van der Waals surface area contributed by atoms with Gasteiger partial charge in [0.15, 0.2) is 5.76 Å². The molecule has 2 aliphatic heterocycles. The molecule has 110 valence electrons. The molecule has 0 unspecified atom stereocenters. The van der Waals surface area contributed by atoms with Crippen molar-refractivity contribution in [2.24, 2.45) is 5.92 Å². The van der Waals surface area contributed by atoms with Gasteiger partial charge in [-0.3, -0.25) is 9.69 Å². The van der Waals surface area contributed by atoms with Crippen molar-refractivity contribution < 1.29 is 13.9 Å². The van der Waals surface area contributed by atoms with Crippen LogP contribution in [-0.2, 0) is 4.74 Å². The molecule has 2 fully saturated rings. The Bertz CT molecular complexity index is 446. The van der Waals surface area contributed by atoms with Crippen LogP contribution < -0.4 is 0 Å². The first kappa shape index (κ1) is 13.6. The zero-order valence-electron chi connectivity index (χ0n) is 12.0. The van der Waals surface area contributed by atoms with Crippen molar-refractivity contribution in [3.05, 3.63) is 24.2 Å². The summed E-state index contributed by atoms with van der Waals surface area (Å²) in [5, 5.41) is 0. The number of carbonyl (C=O) groups is 1. The van der Waals surface area contributed by atoms with Crippen molar-refractivity contribution in [3.63, 3.8) is 0 Å². The van der Waals surface area contributed by atoms with Crippen molar-refractivity contribution in [3.8, 4) is 0 Å². The molecule has 0 aromatic carbocycles. The summed E-state index contributed by atoms with van der Waals surface area (Å²) in [6.45, 7) is 4.60. The summed E-state index contributed by atoms with van der Waals surface area (Å²) in [6, 6.07) is 4.13. The second-order valence-electron chi connectivity index (χ2n) is 5.66. The molecular formula is C15H22N2O3. The molecule has 1 aromatic rings. The van der Waals surface area contributed by atoms with Gasteiger partial charge in [-0.15, -0.1) is 0 Å². The van der Waals surface area contributed by atoms with Crippen molar-refractivity contribution in [2.45, 2.75) is 18.9 Å². The Labute approximate surface area is 119 Å². The van der Waals surface area contributed by atoms with Gasteiger partial charge in [-0.25, -0.2) is 0 Å². The van der Waals surface area contributed by atoms with Crippen LogP contribution in [0, 0.1) is 5.92 Å². The second kappa shape index (κ2) is 5.97. The third-order valence-electron chi connectivity index (χ3n) is 4.55. The maximum absolute atomic E-state index is 12.3. The van der Waals surface area contributed by atoms with E-state index >= 15 is 0 Å². The average Bonchev–Trinajstić information content (AvgIpc) is 3.13. The third-order valence-corrected chi connectivity index (χ3v) is 4.55. The molecule has 0 aliphatic carbocycles. The number of rotatable bonds is 4. The Morgan fingerprint density at radius 1 is 1.45 bits per heavy atom. The van der Waals surface area contributed by atoms with Crippen LogP contribution in [0.25, 0.3) is 0 Å². The molecule has 1 amide bonds. The fourth-order valence-electron chi connectivity index (χ4n) is 3.51. The molecule has 2 atom stereocenters. The van der Waals surface area contributed by atoms with Crippen LogP contribution in [0.3, 0.4) is 0 Å². The van der Waals surface area contributed by atoms with Crippen molar-refractivity contribution in [2.75, 3.05) is 39.9 Å². The van der Waals surface area contributed by atoms with E-state index in [-0.39, 0.29) is 5.91 Å². The van der Waals surface area contributed by atoms with E-state index < -0.39 is 0 Å². The monoisotopic (exact) mass is 278 g/mol. The minimum Gasteiger partial charge on any atom is -0.459 e. The molecule has 1 aromatic heterocycles. The van der Waals surface area contributed by atoms with Gasteiger partial charge in [-0.2, -0.15) is 0 Å². The molecule has 3 rings (SSSR count). The van der Waals surface area contributed by atoms with E-state index in [1.807, 2.05) is 4.90 Å². The zero-order valence-corrected chi connectivity index (χ0v) is 12.0. The summed E-state index contributed by atoms with van der Waals surface area (Å²) in [7, 11) is 1.75. The summed E-state index contributed by atoms with van der Waals surface area (Å²) in [5.74, 6) is 1.08. The molecular weight excluding hydrogens is 256 g/mol. The molecule has 0 N–H and O–H groups in total. The van der Waals surface area contributed by atoms with Crippen molar-refractivity contribution >= 4 is 5.91 Å². The first-order valence-corrected chi connectivity index (χ1v) is 7.35. The number of ether oxygens (including phenoxy) is 1. The SMILES string of the molecule is COCCN1CC[C@H]2CN(C(=O)c3ccco3)CC[C@@H]21.